The molecule has 3 rings (SSSR count). The fourth-order valence-corrected chi connectivity index (χ4v) is 3.84. The molecule has 1 aliphatic rings. The Kier molecular flexibility index (Phi) is 4.95. The number of halogens is 1. The van der Waals surface area contributed by atoms with Gasteiger partial charge >= 0.3 is 0 Å². The Balaban J connectivity index is 1.70. The van der Waals surface area contributed by atoms with Crippen LogP contribution in [-0.4, -0.2) is 37.0 Å². The Labute approximate surface area is 152 Å². The zero-order valence-corrected chi connectivity index (χ0v) is 16.1. The Bertz CT molecular complexity index is 724. The van der Waals surface area contributed by atoms with Crippen molar-refractivity contribution in [3.63, 3.8) is 0 Å². The average Bonchev–Trinajstić information content (AvgIpc) is 2.54. The molecule has 0 bridgehead atoms. The molecule has 4 heteroatoms. The second-order valence-corrected chi connectivity index (χ2v) is 7.45. The summed E-state index contributed by atoms with van der Waals surface area (Å²) in [6, 6.07) is 12.1. The van der Waals surface area contributed by atoms with Gasteiger partial charge in [-0.25, -0.2) is 0 Å². The average molecular weight is 387 g/mol. The summed E-state index contributed by atoms with van der Waals surface area (Å²) in [5, 5.41) is 0. The second kappa shape index (κ2) is 6.98. The molecule has 1 fully saturated rings. The lowest BCUT2D eigenvalue weighted by Gasteiger charge is -2.37. The van der Waals surface area contributed by atoms with Gasteiger partial charge in [-0.3, -0.25) is 4.79 Å². The van der Waals surface area contributed by atoms with Crippen molar-refractivity contribution in [2.24, 2.45) is 0 Å². The fraction of sp³-hybridized carbons (Fsp3) is 0.350. The van der Waals surface area contributed by atoms with Gasteiger partial charge in [0.15, 0.2) is 0 Å². The van der Waals surface area contributed by atoms with Gasteiger partial charge < -0.3 is 9.80 Å². The molecule has 0 radical (unpaired) electrons. The first-order chi connectivity index (χ1) is 11.5. The van der Waals surface area contributed by atoms with E-state index in [9.17, 15) is 4.79 Å². The number of hydrogen-bond donors (Lipinski definition) is 0. The second-order valence-electron chi connectivity index (χ2n) is 6.53. The third-order valence-electron chi connectivity index (χ3n) is 4.61. The van der Waals surface area contributed by atoms with Gasteiger partial charge in [-0.2, -0.15) is 0 Å². The number of anilines is 1. The van der Waals surface area contributed by atoms with Crippen molar-refractivity contribution in [2.75, 3.05) is 31.1 Å². The van der Waals surface area contributed by atoms with Crippen molar-refractivity contribution >= 4 is 27.5 Å². The van der Waals surface area contributed by atoms with E-state index in [-0.39, 0.29) is 5.91 Å². The molecule has 1 aliphatic heterocycles. The molecular formula is C20H23BrN2O. The van der Waals surface area contributed by atoms with Gasteiger partial charge in [0.1, 0.15) is 0 Å². The fourth-order valence-electron chi connectivity index (χ4n) is 3.58. The molecule has 2 aromatic carbocycles. The van der Waals surface area contributed by atoms with Crippen molar-refractivity contribution in [2.45, 2.75) is 20.8 Å². The third kappa shape index (κ3) is 3.48. The molecule has 2 aromatic rings. The molecule has 3 nitrogen and oxygen atoms in total. The molecule has 0 spiro atoms. The van der Waals surface area contributed by atoms with Gasteiger partial charge in [0, 0.05) is 41.9 Å². The smallest absolute Gasteiger partial charge is 0.253 e. The van der Waals surface area contributed by atoms with Crippen LogP contribution in [0.3, 0.4) is 0 Å². The van der Waals surface area contributed by atoms with Crippen LogP contribution < -0.4 is 4.90 Å². The molecule has 126 valence electrons. The molecule has 24 heavy (non-hydrogen) atoms. The van der Waals surface area contributed by atoms with Crippen molar-refractivity contribution in [3.8, 4) is 0 Å². The van der Waals surface area contributed by atoms with E-state index < -0.39 is 0 Å². The molecule has 0 aromatic heterocycles. The molecule has 0 saturated carbocycles. The summed E-state index contributed by atoms with van der Waals surface area (Å²) in [6.45, 7) is 9.78. The van der Waals surface area contributed by atoms with Gasteiger partial charge in [-0.1, -0.05) is 33.6 Å². The number of carbonyl (C=O) groups is 1. The predicted octanol–water partition coefficient (Wildman–Crippen LogP) is 4.34. The maximum atomic E-state index is 12.6. The number of aryl methyl sites for hydroxylation is 3. The summed E-state index contributed by atoms with van der Waals surface area (Å²) in [7, 11) is 0. The number of amides is 1. The first kappa shape index (κ1) is 17.0. The van der Waals surface area contributed by atoms with E-state index in [1.807, 2.05) is 29.2 Å². The highest BCUT2D eigenvalue weighted by molar-refractivity contribution is 9.10. The van der Waals surface area contributed by atoms with Crippen LogP contribution >= 0.6 is 15.9 Å². The van der Waals surface area contributed by atoms with Crippen LogP contribution in [0, 0.1) is 20.8 Å². The minimum absolute atomic E-state index is 0.125. The molecule has 0 atom stereocenters. The number of hydrogen-bond acceptors (Lipinski definition) is 2. The van der Waals surface area contributed by atoms with E-state index in [1.165, 1.54) is 22.4 Å². The molecule has 1 saturated heterocycles. The highest BCUT2D eigenvalue weighted by atomic mass is 79.9. The number of piperazine rings is 1. The van der Waals surface area contributed by atoms with Crippen LogP contribution in [0.4, 0.5) is 5.69 Å². The molecule has 1 amide bonds. The maximum Gasteiger partial charge on any atom is 0.253 e. The van der Waals surface area contributed by atoms with Crippen molar-refractivity contribution in [1.29, 1.82) is 0 Å². The highest BCUT2D eigenvalue weighted by Crippen LogP contribution is 2.27. The first-order valence-electron chi connectivity index (χ1n) is 8.33. The third-order valence-corrected chi connectivity index (χ3v) is 5.14. The van der Waals surface area contributed by atoms with Crippen LogP contribution in [0.15, 0.2) is 40.9 Å². The number of benzene rings is 2. The summed E-state index contributed by atoms with van der Waals surface area (Å²) >= 11 is 3.41. The van der Waals surface area contributed by atoms with Crippen LogP contribution in [0.2, 0.25) is 0 Å². The molecule has 0 unspecified atom stereocenters. The van der Waals surface area contributed by atoms with E-state index >= 15 is 0 Å². The zero-order chi connectivity index (χ0) is 17.3. The van der Waals surface area contributed by atoms with Gasteiger partial charge in [0.05, 0.1) is 0 Å². The summed E-state index contributed by atoms with van der Waals surface area (Å²) in [5.74, 6) is 0.125. The highest BCUT2D eigenvalue weighted by Gasteiger charge is 2.23. The topological polar surface area (TPSA) is 23.6 Å². The summed E-state index contributed by atoms with van der Waals surface area (Å²) in [5.41, 5.74) is 6.03. The van der Waals surface area contributed by atoms with Crippen LogP contribution in [0.1, 0.15) is 27.0 Å². The van der Waals surface area contributed by atoms with Crippen molar-refractivity contribution < 1.29 is 4.79 Å². The van der Waals surface area contributed by atoms with Gasteiger partial charge in [-0.15, -0.1) is 0 Å². The number of carbonyl (C=O) groups excluding carboxylic acids is 1. The summed E-state index contributed by atoms with van der Waals surface area (Å²) in [4.78, 5) is 17.0. The lowest BCUT2D eigenvalue weighted by Crippen LogP contribution is -2.49. The minimum Gasteiger partial charge on any atom is -0.368 e. The standard InChI is InChI=1S/C20H23BrN2O/c1-14-12-15(2)19(16(3)13-14)22-8-10-23(11-9-22)20(24)17-4-6-18(21)7-5-17/h4-7,12-13H,8-11H2,1-3H3. The van der Waals surface area contributed by atoms with Crippen molar-refractivity contribution in [3.05, 3.63) is 63.1 Å². The SMILES string of the molecule is Cc1cc(C)c(N2CCN(C(=O)c3ccc(Br)cc3)CC2)c(C)c1. The Morgan fingerprint density at radius 3 is 2.00 bits per heavy atom. The van der Waals surface area contributed by atoms with E-state index in [1.54, 1.807) is 0 Å². The monoisotopic (exact) mass is 386 g/mol. The Hall–Kier alpha value is -1.81. The number of nitrogens with zero attached hydrogens (tertiary/aromatic N) is 2. The normalized spacial score (nSPS) is 14.8. The Morgan fingerprint density at radius 2 is 1.46 bits per heavy atom. The summed E-state index contributed by atoms with van der Waals surface area (Å²) in [6.07, 6.45) is 0. The van der Waals surface area contributed by atoms with Crippen molar-refractivity contribution in [1.82, 2.24) is 4.90 Å². The molecule has 0 N–H and O–H groups in total. The van der Waals surface area contributed by atoms with E-state index in [4.69, 9.17) is 0 Å². The minimum atomic E-state index is 0.125. The lowest BCUT2D eigenvalue weighted by molar-refractivity contribution is 0.0747. The molecule has 1 heterocycles. The van der Waals surface area contributed by atoms with Gasteiger partial charge in [-0.05, 0) is 56.2 Å². The van der Waals surface area contributed by atoms with Crippen LogP contribution in [0.25, 0.3) is 0 Å². The van der Waals surface area contributed by atoms with E-state index in [2.05, 4.69) is 53.7 Å². The van der Waals surface area contributed by atoms with Crippen LogP contribution in [0.5, 0.6) is 0 Å². The largest absolute Gasteiger partial charge is 0.368 e. The molecular weight excluding hydrogens is 364 g/mol. The lowest BCUT2D eigenvalue weighted by atomic mass is 10.0. The molecule has 0 aliphatic carbocycles. The Morgan fingerprint density at radius 1 is 0.917 bits per heavy atom. The number of rotatable bonds is 2. The quantitative estimate of drug-likeness (QED) is 0.766. The maximum absolute atomic E-state index is 12.6. The summed E-state index contributed by atoms with van der Waals surface area (Å²) < 4.78 is 0.995. The van der Waals surface area contributed by atoms with Gasteiger partial charge in [0.2, 0.25) is 0 Å². The van der Waals surface area contributed by atoms with E-state index in [0.717, 1.165) is 36.2 Å². The van der Waals surface area contributed by atoms with Crippen LogP contribution in [-0.2, 0) is 0 Å². The first-order valence-corrected chi connectivity index (χ1v) is 9.12. The predicted molar refractivity (Wildman–Crippen MR) is 103 cm³/mol. The van der Waals surface area contributed by atoms with E-state index in [0.29, 0.717) is 0 Å². The van der Waals surface area contributed by atoms with Gasteiger partial charge in [0.25, 0.3) is 5.91 Å². The zero-order valence-electron chi connectivity index (χ0n) is 14.5.